The van der Waals surface area contributed by atoms with Gasteiger partial charge in [0.15, 0.2) is 16.7 Å². The Morgan fingerprint density at radius 1 is 1.18 bits per heavy atom. The van der Waals surface area contributed by atoms with Crippen LogP contribution in [0.1, 0.15) is 5.56 Å². The molecule has 0 unspecified atom stereocenters. The predicted molar refractivity (Wildman–Crippen MR) is 111 cm³/mol. The molecule has 1 fully saturated rings. The van der Waals surface area contributed by atoms with Crippen LogP contribution in [0.3, 0.4) is 0 Å². The lowest BCUT2D eigenvalue weighted by Crippen LogP contribution is -2.23. The summed E-state index contributed by atoms with van der Waals surface area (Å²) in [6, 6.07) is 5.24. The minimum atomic E-state index is -0.164. The van der Waals surface area contributed by atoms with Gasteiger partial charge < -0.3 is 14.2 Å². The fourth-order valence-corrected chi connectivity index (χ4v) is 3.69. The van der Waals surface area contributed by atoms with Gasteiger partial charge in [-0.25, -0.2) is 4.99 Å². The molecule has 1 aliphatic heterocycles. The molecular formula is C19H18ClN3O4S. The molecule has 0 atom stereocenters. The lowest BCUT2D eigenvalue weighted by molar-refractivity contribution is -0.121. The number of aliphatic imine (C=N–C) groups is 1. The number of thioether (sulfide) groups is 1. The van der Waals surface area contributed by atoms with Crippen molar-refractivity contribution in [2.24, 2.45) is 4.99 Å². The number of rotatable bonds is 5. The number of pyridine rings is 1. The summed E-state index contributed by atoms with van der Waals surface area (Å²) in [5, 5.41) is 0.940. The SMILES string of the molecule is COc1cc(/C=C2\SC(=Nc3ccncc3Cl)N(C)C2=O)cc(OC)c1OC. The van der Waals surface area contributed by atoms with E-state index in [0.717, 1.165) is 5.56 Å². The number of ether oxygens (including phenoxy) is 3. The van der Waals surface area contributed by atoms with Gasteiger partial charge in [0.25, 0.3) is 5.91 Å². The fraction of sp³-hybridized carbons (Fsp3) is 0.211. The summed E-state index contributed by atoms with van der Waals surface area (Å²) < 4.78 is 16.1. The van der Waals surface area contributed by atoms with Crippen molar-refractivity contribution in [2.75, 3.05) is 28.4 Å². The van der Waals surface area contributed by atoms with Gasteiger partial charge in [-0.3, -0.25) is 14.7 Å². The van der Waals surface area contributed by atoms with E-state index in [4.69, 9.17) is 25.8 Å². The van der Waals surface area contributed by atoms with Crippen LogP contribution in [-0.4, -0.2) is 49.3 Å². The maximum atomic E-state index is 12.7. The molecule has 0 spiro atoms. The molecule has 0 bridgehead atoms. The molecule has 1 aromatic carbocycles. The highest BCUT2D eigenvalue weighted by Gasteiger charge is 2.30. The number of hydrogen-bond donors (Lipinski definition) is 0. The summed E-state index contributed by atoms with van der Waals surface area (Å²) in [4.78, 5) is 23.1. The molecule has 2 aromatic rings. The average molecular weight is 420 g/mol. The topological polar surface area (TPSA) is 73.3 Å². The van der Waals surface area contributed by atoms with Crippen LogP contribution >= 0.6 is 23.4 Å². The van der Waals surface area contributed by atoms with Crippen LogP contribution in [0.15, 0.2) is 40.5 Å². The van der Waals surface area contributed by atoms with E-state index in [2.05, 4.69) is 9.98 Å². The Hall–Kier alpha value is -2.71. The van der Waals surface area contributed by atoms with E-state index in [1.54, 1.807) is 51.7 Å². The highest BCUT2D eigenvalue weighted by Crippen LogP contribution is 2.40. The highest BCUT2D eigenvalue weighted by atomic mass is 35.5. The van der Waals surface area contributed by atoms with Crippen LogP contribution in [0.2, 0.25) is 5.02 Å². The normalized spacial score (nSPS) is 16.8. The molecule has 0 aliphatic carbocycles. The summed E-state index contributed by atoms with van der Waals surface area (Å²) in [6.07, 6.45) is 4.86. The molecule has 1 aliphatic rings. The molecule has 1 amide bonds. The van der Waals surface area contributed by atoms with Crippen LogP contribution in [0.4, 0.5) is 5.69 Å². The van der Waals surface area contributed by atoms with Gasteiger partial charge in [0, 0.05) is 19.4 Å². The number of hydrogen-bond acceptors (Lipinski definition) is 7. The van der Waals surface area contributed by atoms with Gasteiger partial charge in [0.2, 0.25) is 5.75 Å². The van der Waals surface area contributed by atoms with Gasteiger partial charge in [-0.15, -0.1) is 0 Å². The maximum Gasteiger partial charge on any atom is 0.266 e. The lowest BCUT2D eigenvalue weighted by Gasteiger charge is -2.13. The average Bonchev–Trinajstić information content (AvgIpc) is 2.96. The number of carbonyl (C=O) groups excluding carboxylic acids is 1. The number of halogens is 1. The van der Waals surface area contributed by atoms with E-state index >= 15 is 0 Å². The Morgan fingerprint density at radius 3 is 2.43 bits per heavy atom. The summed E-state index contributed by atoms with van der Waals surface area (Å²) in [7, 11) is 6.29. The Bertz CT molecular complexity index is 952. The highest BCUT2D eigenvalue weighted by molar-refractivity contribution is 8.18. The van der Waals surface area contributed by atoms with Gasteiger partial charge in [0.1, 0.15) is 0 Å². The number of likely N-dealkylation sites (N-methyl/N-ethyl adjacent to an activating group) is 1. The van der Waals surface area contributed by atoms with E-state index < -0.39 is 0 Å². The first-order valence-corrected chi connectivity index (χ1v) is 9.33. The minimum absolute atomic E-state index is 0.164. The van der Waals surface area contributed by atoms with Gasteiger partial charge in [-0.05, 0) is 41.6 Å². The van der Waals surface area contributed by atoms with E-state index in [-0.39, 0.29) is 5.91 Å². The molecule has 28 heavy (non-hydrogen) atoms. The summed E-state index contributed by atoms with van der Waals surface area (Å²) in [5.41, 5.74) is 1.29. The van der Waals surface area contributed by atoms with E-state index in [1.165, 1.54) is 30.0 Å². The molecule has 2 heterocycles. The predicted octanol–water partition coefficient (Wildman–Crippen LogP) is 3.99. The first-order valence-electron chi connectivity index (χ1n) is 8.14. The van der Waals surface area contributed by atoms with E-state index in [0.29, 0.717) is 38.0 Å². The molecule has 0 N–H and O–H groups in total. The number of methoxy groups -OCH3 is 3. The van der Waals surface area contributed by atoms with Gasteiger partial charge >= 0.3 is 0 Å². The van der Waals surface area contributed by atoms with Crippen molar-refractivity contribution in [3.8, 4) is 17.2 Å². The third-order valence-corrected chi connectivity index (χ3v) is 5.31. The van der Waals surface area contributed by atoms with Gasteiger partial charge in [-0.1, -0.05) is 11.6 Å². The molecule has 0 saturated carbocycles. The molecule has 7 nitrogen and oxygen atoms in total. The van der Waals surface area contributed by atoms with Crippen LogP contribution in [0.25, 0.3) is 6.08 Å². The largest absolute Gasteiger partial charge is 0.493 e. The van der Waals surface area contributed by atoms with E-state index in [1.807, 2.05) is 0 Å². The summed E-state index contributed by atoms with van der Waals surface area (Å²) in [6.45, 7) is 0. The summed E-state index contributed by atoms with van der Waals surface area (Å²) >= 11 is 7.37. The van der Waals surface area contributed by atoms with E-state index in [9.17, 15) is 4.79 Å². The number of aromatic nitrogens is 1. The first kappa shape index (κ1) is 20.0. The van der Waals surface area contributed by atoms with Crippen molar-refractivity contribution < 1.29 is 19.0 Å². The van der Waals surface area contributed by atoms with Crippen molar-refractivity contribution >= 4 is 46.2 Å². The Labute approximate surface area is 172 Å². The summed E-state index contributed by atoms with van der Waals surface area (Å²) in [5.74, 6) is 1.34. The number of benzene rings is 1. The zero-order chi connectivity index (χ0) is 20.3. The maximum absolute atomic E-state index is 12.7. The third kappa shape index (κ3) is 3.93. The molecule has 1 saturated heterocycles. The second-order valence-corrected chi connectivity index (χ2v) is 7.07. The van der Waals surface area contributed by atoms with Crippen molar-refractivity contribution in [2.45, 2.75) is 0 Å². The molecule has 3 rings (SSSR count). The molecule has 9 heteroatoms. The number of nitrogens with zero attached hydrogens (tertiary/aromatic N) is 3. The fourth-order valence-electron chi connectivity index (χ4n) is 2.55. The van der Waals surface area contributed by atoms with Crippen molar-refractivity contribution in [1.82, 2.24) is 9.88 Å². The quantitative estimate of drug-likeness (QED) is 0.682. The smallest absolute Gasteiger partial charge is 0.266 e. The minimum Gasteiger partial charge on any atom is -0.493 e. The molecule has 1 aromatic heterocycles. The molecule has 0 radical (unpaired) electrons. The standard InChI is InChI=1S/C19H18ClN3O4S/c1-23-18(24)16(28-19(23)22-13-5-6-21-10-12(13)20)9-11-7-14(25-2)17(27-4)15(8-11)26-3/h5-10H,1-4H3/b16-9-,22-19?. The van der Waals surface area contributed by atoms with Crippen LogP contribution in [0.5, 0.6) is 17.2 Å². The van der Waals surface area contributed by atoms with Crippen LogP contribution < -0.4 is 14.2 Å². The zero-order valence-corrected chi connectivity index (χ0v) is 17.3. The number of amides is 1. The van der Waals surface area contributed by atoms with Crippen LogP contribution in [-0.2, 0) is 4.79 Å². The second kappa shape index (κ2) is 8.53. The second-order valence-electron chi connectivity index (χ2n) is 5.65. The molecule has 146 valence electrons. The number of amidine groups is 1. The van der Waals surface area contributed by atoms with Gasteiger partial charge in [0.05, 0.1) is 36.9 Å². The lowest BCUT2D eigenvalue weighted by atomic mass is 10.1. The van der Waals surface area contributed by atoms with Crippen molar-refractivity contribution in [3.63, 3.8) is 0 Å². The van der Waals surface area contributed by atoms with Crippen LogP contribution in [0, 0.1) is 0 Å². The molecular weight excluding hydrogens is 402 g/mol. The third-order valence-electron chi connectivity index (χ3n) is 3.96. The Kier molecular flexibility index (Phi) is 6.11. The number of carbonyl (C=O) groups is 1. The zero-order valence-electron chi connectivity index (χ0n) is 15.7. The van der Waals surface area contributed by atoms with Crippen molar-refractivity contribution in [1.29, 1.82) is 0 Å². The Morgan fingerprint density at radius 2 is 1.86 bits per heavy atom. The van der Waals surface area contributed by atoms with Crippen molar-refractivity contribution in [3.05, 3.63) is 46.1 Å². The first-order chi connectivity index (χ1) is 13.5. The Balaban J connectivity index is 1.97. The monoisotopic (exact) mass is 419 g/mol. The van der Waals surface area contributed by atoms with Gasteiger partial charge in [-0.2, -0.15) is 0 Å².